The van der Waals surface area contributed by atoms with Crippen LogP contribution >= 0.6 is 0 Å². The fourth-order valence-corrected chi connectivity index (χ4v) is 3.99. The molecule has 1 amide bonds. The third kappa shape index (κ3) is 4.02. The minimum absolute atomic E-state index is 0.0461. The molecule has 1 aliphatic heterocycles. The summed E-state index contributed by atoms with van der Waals surface area (Å²) >= 11 is 0. The molecule has 1 aromatic carbocycles. The molecule has 0 atom stereocenters. The second-order valence-corrected chi connectivity index (χ2v) is 7.80. The first-order chi connectivity index (χ1) is 14.7. The van der Waals surface area contributed by atoms with E-state index in [1.807, 2.05) is 47.2 Å². The number of nitrogens with zero attached hydrogens (tertiary/aromatic N) is 7. The van der Waals surface area contributed by atoms with Gasteiger partial charge >= 0.3 is 0 Å². The molecule has 0 aliphatic carbocycles. The Labute approximate surface area is 173 Å². The number of carbonyl (C=O) groups is 1. The Morgan fingerprint density at radius 3 is 2.63 bits per heavy atom. The fourth-order valence-electron chi connectivity index (χ4n) is 3.99. The molecule has 0 unspecified atom stereocenters. The number of hydrogen-bond acceptors (Lipinski definition) is 6. The number of benzene rings is 1. The quantitative estimate of drug-likeness (QED) is 0.524. The largest absolute Gasteiger partial charge is 0.354 e. The van der Waals surface area contributed by atoms with E-state index in [1.54, 1.807) is 6.20 Å². The van der Waals surface area contributed by atoms with Gasteiger partial charge in [0.15, 0.2) is 5.65 Å². The Balaban J connectivity index is 1.08. The van der Waals surface area contributed by atoms with Crippen LogP contribution in [0, 0.1) is 5.92 Å². The zero-order chi connectivity index (χ0) is 20.3. The molecule has 1 saturated heterocycles. The van der Waals surface area contributed by atoms with Crippen molar-refractivity contribution in [2.45, 2.75) is 25.9 Å². The average Bonchev–Trinajstić information content (AvgIpc) is 3.37. The summed E-state index contributed by atoms with van der Waals surface area (Å²) in [6.07, 6.45) is 7.76. The van der Waals surface area contributed by atoms with E-state index in [2.05, 4.69) is 30.5 Å². The fraction of sp³-hybridized carbons (Fsp3) is 0.381. The number of hydrogen-bond donors (Lipinski definition) is 1. The molecule has 4 aromatic rings. The van der Waals surface area contributed by atoms with Crippen molar-refractivity contribution in [3.63, 3.8) is 0 Å². The lowest BCUT2D eigenvalue weighted by molar-refractivity contribution is -0.122. The van der Waals surface area contributed by atoms with Gasteiger partial charge in [0.1, 0.15) is 17.6 Å². The van der Waals surface area contributed by atoms with Crippen LogP contribution in [0.2, 0.25) is 0 Å². The van der Waals surface area contributed by atoms with Gasteiger partial charge in [0, 0.05) is 31.0 Å². The number of amides is 1. The van der Waals surface area contributed by atoms with Crippen LogP contribution in [0.25, 0.3) is 16.7 Å². The van der Waals surface area contributed by atoms with Gasteiger partial charge in [0.05, 0.1) is 6.20 Å². The summed E-state index contributed by atoms with van der Waals surface area (Å²) in [5.74, 6) is 0.451. The lowest BCUT2D eigenvalue weighted by Crippen LogP contribution is -2.39. The van der Waals surface area contributed by atoms with E-state index in [4.69, 9.17) is 0 Å². The first kappa shape index (κ1) is 18.7. The predicted octanol–water partition coefficient (Wildman–Crippen LogP) is 1.50. The summed E-state index contributed by atoms with van der Waals surface area (Å²) in [7, 11) is 0. The van der Waals surface area contributed by atoms with Gasteiger partial charge in [-0.2, -0.15) is 20.1 Å². The summed E-state index contributed by atoms with van der Waals surface area (Å²) < 4.78 is 1.81. The van der Waals surface area contributed by atoms with Crippen LogP contribution in [0.3, 0.4) is 0 Å². The third-order valence-corrected chi connectivity index (χ3v) is 5.65. The molecule has 0 spiro atoms. The summed E-state index contributed by atoms with van der Waals surface area (Å²) in [6, 6.07) is 9.51. The van der Waals surface area contributed by atoms with E-state index in [0.717, 1.165) is 54.7 Å². The summed E-state index contributed by atoms with van der Waals surface area (Å²) in [5, 5.41) is 16.1. The molecule has 154 valence electrons. The highest BCUT2D eigenvalue weighted by Gasteiger charge is 2.21. The van der Waals surface area contributed by atoms with E-state index in [-0.39, 0.29) is 12.5 Å². The van der Waals surface area contributed by atoms with Crippen LogP contribution in [0.1, 0.15) is 18.4 Å². The van der Waals surface area contributed by atoms with Gasteiger partial charge in [-0.1, -0.05) is 12.1 Å². The summed E-state index contributed by atoms with van der Waals surface area (Å²) in [6.45, 7) is 3.73. The molecule has 9 heteroatoms. The van der Waals surface area contributed by atoms with E-state index in [1.165, 1.54) is 4.80 Å². The Morgan fingerprint density at radius 1 is 1.10 bits per heavy atom. The highest BCUT2D eigenvalue weighted by Crippen LogP contribution is 2.19. The number of fused-ring (bicyclic) bond motifs is 2. The minimum atomic E-state index is -0.0461. The predicted molar refractivity (Wildman–Crippen MR) is 112 cm³/mol. The highest BCUT2D eigenvalue weighted by molar-refractivity contribution is 5.77. The topological polar surface area (TPSA) is 93.2 Å². The third-order valence-electron chi connectivity index (χ3n) is 5.65. The maximum atomic E-state index is 12.3. The first-order valence-electron chi connectivity index (χ1n) is 10.3. The zero-order valence-electron chi connectivity index (χ0n) is 16.7. The van der Waals surface area contributed by atoms with E-state index in [0.29, 0.717) is 12.5 Å². The summed E-state index contributed by atoms with van der Waals surface area (Å²) in [4.78, 5) is 20.6. The number of likely N-dealkylation sites (tertiary alicyclic amines) is 1. The Hall–Kier alpha value is -3.33. The van der Waals surface area contributed by atoms with Crippen molar-refractivity contribution in [1.82, 2.24) is 39.8 Å². The van der Waals surface area contributed by atoms with Gasteiger partial charge in [0.25, 0.3) is 0 Å². The van der Waals surface area contributed by atoms with Crippen molar-refractivity contribution in [2.75, 3.05) is 19.6 Å². The molecule has 4 heterocycles. The summed E-state index contributed by atoms with van der Waals surface area (Å²) in [5.41, 5.74) is 3.69. The maximum absolute atomic E-state index is 12.3. The maximum Gasteiger partial charge on any atom is 0.243 e. The number of aromatic nitrogens is 6. The number of carbonyl (C=O) groups excluding carboxylic acids is 1. The van der Waals surface area contributed by atoms with Gasteiger partial charge in [-0.15, -0.1) is 0 Å². The Morgan fingerprint density at radius 2 is 1.87 bits per heavy atom. The van der Waals surface area contributed by atoms with Gasteiger partial charge in [0.2, 0.25) is 5.91 Å². The smallest absolute Gasteiger partial charge is 0.243 e. The molecule has 5 rings (SSSR count). The molecule has 0 bridgehead atoms. The molecular formula is C21H24N8O. The van der Waals surface area contributed by atoms with Crippen LogP contribution in [-0.2, 0) is 17.9 Å². The zero-order valence-corrected chi connectivity index (χ0v) is 16.7. The minimum Gasteiger partial charge on any atom is -0.354 e. The van der Waals surface area contributed by atoms with Crippen molar-refractivity contribution in [3.05, 3.63) is 54.5 Å². The standard InChI is InChI=1S/C21H24N8O/c30-20(15-29-25-18-4-1-2-5-19(18)26-29)23-12-16-6-10-27(11-7-16)14-17-13-24-28-9-3-8-22-21(17)28/h1-5,8-9,13,16H,6-7,10-12,14-15H2,(H,23,30). The lowest BCUT2D eigenvalue weighted by atomic mass is 9.96. The number of piperidine rings is 1. The monoisotopic (exact) mass is 404 g/mol. The van der Waals surface area contributed by atoms with Gasteiger partial charge in [-0.3, -0.25) is 9.69 Å². The van der Waals surface area contributed by atoms with E-state index in [9.17, 15) is 4.79 Å². The number of rotatable bonds is 6. The molecule has 9 nitrogen and oxygen atoms in total. The van der Waals surface area contributed by atoms with Gasteiger partial charge in [-0.25, -0.2) is 9.50 Å². The molecule has 0 saturated carbocycles. The Bertz CT molecular complexity index is 1120. The van der Waals surface area contributed by atoms with Crippen molar-refractivity contribution in [3.8, 4) is 0 Å². The second kappa shape index (κ2) is 8.19. The average molecular weight is 404 g/mol. The van der Waals surface area contributed by atoms with Crippen molar-refractivity contribution < 1.29 is 4.79 Å². The second-order valence-electron chi connectivity index (χ2n) is 7.80. The van der Waals surface area contributed by atoms with Crippen LogP contribution < -0.4 is 5.32 Å². The van der Waals surface area contributed by atoms with Crippen LogP contribution in [0.4, 0.5) is 0 Å². The van der Waals surface area contributed by atoms with Gasteiger partial charge < -0.3 is 5.32 Å². The lowest BCUT2D eigenvalue weighted by Gasteiger charge is -2.31. The van der Waals surface area contributed by atoms with Gasteiger partial charge in [-0.05, 0) is 50.0 Å². The molecule has 3 aromatic heterocycles. The Kier molecular flexibility index (Phi) is 5.10. The molecule has 30 heavy (non-hydrogen) atoms. The molecule has 1 N–H and O–H groups in total. The van der Waals surface area contributed by atoms with E-state index < -0.39 is 0 Å². The molecule has 0 radical (unpaired) electrons. The number of nitrogens with one attached hydrogen (secondary N) is 1. The van der Waals surface area contributed by atoms with Crippen molar-refractivity contribution in [1.29, 1.82) is 0 Å². The van der Waals surface area contributed by atoms with Crippen molar-refractivity contribution in [2.24, 2.45) is 5.92 Å². The first-order valence-corrected chi connectivity index (χ1v) is 10.3. The van der Waals surface area contributed by atoms with Crippen LogP contribution in [-0.4, -0.2) is 60.0 Å². The van der Waals surface area contributed by atoms with E-state index >= 15 is 0 Å². The molecule has 1 fully saturated rings. The highest BCUT2D eigenvalue weighted by atomic mass is 16.2. The SMILES string of the molecule is O=C(Cn1nc2ccccc2n1)NCC1CCN(Cc2cnn3cccnc23)CC1. The van der Waals surface area contributed by atoms with Crippen LogP contribution in [0.5, 0.6) is 0 Å². The molecular weight excluding hydrogens is 380 g/mol. The van der Waals surface area contributed by atoms with Crippen molar-refractivity contribution >= 4 is 22.6 Å². The molecule has 1 aliphatic rings. The van der Waals surface area contributed by atoms with Crippen LogP contribution in [0.15, 0.2) is 48.9 Å². The normalized spacial score (nSPS) is 15.7.